The molecule has 3 aliphatic heterocycles. The Balaban J connectivity index is 1.46. The summed E-state index contributed by atoms with van der Waals surface area (Å²) in [4.78, 5) is 26.7. The number of aromatic carboxylic acids is 1. The molecule has 0 radical (unpaired) electrons. The van der Waals surface area contributed by atoms with E-state index >= 15 is 0 Å². The molecule has 0 spiro atoms. The van der Waals surface area contributed by atoms with Crippen molar-refractivity contribution in [2.24, 2.45) is 0 Å². The van der Waals surface area contributed by atoms with Gasteiger partial charge in [0.25, 0.3) is 5.91 Å². The molecule has 2 N–H and O–H groups in total. The summed E-state index contributed by atoms with van der Waals surface area (Å²) in [5, 5.41) is 10.6. The van der Waals surface area contributed by atoms with Crippen LogP contribution in [0.25, 0.3) is 6.08 Å². The predicted octanol–water partition coefficient (Wildman–Crippen LogP) is 3.41. The second kappa shape index (κ2) is 7.29. The average molecular weight is 403 g/mol. The molecular formula is C24H25N3O3. The number of carboxylic acid groups (broad SMARTS) is 1. The van der Waals surface area contributed by atoms with Crippen molar-refractivity contribution in [3.63, 3.8) is 0 Å². The number of carbonyl (C=O) groups is 2. The smallest absolute Gasteiger partial charge is 0.335 e. The Labute approximate surface area is 175 Å². The normalized spacial score (nSPS) is 21.8. The number of hydrazine groups is 1. The second-order valence-corrected chi connectivity index (χ2v) is 8.32. The van der Waals surface area contributed by atoms with Crippen LogP contribution in [-0.2, 0) is 17.6 Å². The summed E-state index contributed by atoms with van der Waals surface area (Å²) < 4.78 is 0. The molecule has 3 heterocycles. The first-order valence-corrected chi connectivity index (χ1v) is 10.6. The van der Waals surface area contributed by atoms with Crippen LogP contribution in [-0.4, -0.2) is 36.1 Å². The Morgan fingerprint density at radius 2 is 1.73 bits per heavy atom. The Morgan fingerprint density at radius 1 is 1.10 bits per heavy atom. The molecule has 0 aliphatic carbocycles. The molecule has 2 aromatic rings. The lowest BCUT2D eigenvalue weighted by Gasteiger charge is -2.37. The number of nitrogens with zero attached hydrogens (tertiary/aromatic N) is 2. The van der Waals surface area contributed by atoms with Gasteiger partial charge in [-0.25, -0.2) is 15.2 Å². The Hall–Kier alpha value is -3.12. The molecule has 5 rings (SSSR count). The fraction of sp³-hybridized carbons (Fsp3) is 0.333. The van der Waals surface area contributed by atoms with E-state index in [-0.39, 0.29) is 17.5 Å². The Bertz CT molecular complexity index is 1030. The van der Waals surface area contributed by atoms with Crippen molar-refractivity contribution in [3.8, 4) is 0 Å². The van der Waals surface area contributed by atoms with Gasteiger partial charge < -0.3 is 10.0 Å². The van der Waals surface area contributed by atoms with E-state index in [0.717, 1.165) is 31.5 Å². The third-order valence-electron chi connectivity index (χ3n) is 6.29. The molecule has 3 aliphatic rings. The van der Waals surface area contributed by atoms with Crippen molar-refractivity contribution in [3.05, 3.63) is 64.2 Å². The second-order valence-electron chi connectivity index (χ2n) is 8.32. The van der Waals surface area contributed by atoms with Crippen LogP contribution in [0.5, 0.6) is 0 Å². The molecule has 6 heteroatoms. The molecule has 1 fully saturated rings. The van der Waals surface area contributed by atoms with Crippen LogP contribution < -0.4 is 15.3 Å². The van der Waals surface area contributed by atoms with Gasteiger partial charge in [0.05, 0.1) is 17.3 Å². The highest BCUT2D eigenvalue weighted by atomic mass is 16.4. The van der Waals surface area contributed by atoms with E-state index in [1.165, 1.54) is 46.8 Å². The fourth-order valence-electron chi connectivity index (χ4n) is 4.86. The highest BCUT2D eigenvalue weighted by molar-refractivity contribution is 6.11. The maximum atomic E-state index is 13.1. The molecule has 30 heavy (non-hydrogen) atoms. The van der Waals surface area contributed by atoms with E-state index in [1.54, 1.807) is 12.1 Å². The van der Waals surface area contributed by atoms with E-state index in [4.69, 9.17) is 5.11 Å². The van der Waals surface area contributed by atoms with Gasteiger partial charge in [-0.05, 0) is 91.8 Å². The number of anilines is 2. The van der Waals surface area contributed by atoms with Crippen molar-refractivity contribution >= 4 is 29.3 Å². The third-order valence-corrected chi connectivity index (χ3v) is 6.29. The summed E-state index contributed by atoms with van der Waals surface area (Å²) in [6.45, 7) is 4.27. The van der Waals surface area contributed by atoms with Gasteiger partial charge in [-0.15, -0.1) is 0 Å². The summed E-state index contributed by atoms with van der Waals surface area (Å²) >= 11 is 0. The molecule has 1 amide bonds. The van der Waals surface area contributed by atoms with Gasteiger partial charge in [-0.3, -0.25) is 4.79 Å². The largest absolute Gasteiger partial charge is 0.478 e. The van der Waals surface area contributed by atoms with Crippen molar-refractivity contribution < 1.29 is 14.7 Å². The van der Waals surface area contributed by atoms with Crippen molar-refractivity contribution in [2.45, 2.75) is 38.6 Å². The van der Waals surface area contributed by atoms with Gasteiger partial charge in [0.1, 0.15) is 0 Å². The molecule has 0 aromatic heterocycles. The first-order chi connectivity index (χ1) is 14.5. The maximum Gasteiger partial charge on any atom is 0.335 e. The summed E-state index contributed by atoms with van der Waals surface area (Å²) in [7, 11) is 0. The number of carbonyl (C=O) groups excluding carboxylic acids is 1. The van der Waals surface area contributed by atoms with Crippen molar-refractivity contribution in [2.75, 3.05) is 23.0 Å². The van der Waals surface area contributed by atoms with E-state index in [0.29, 0.717) is 11.3 Å². The number of benzene rings is 2. The lowest BCUT2D eigenvalue weighted by atomic mass is 9.89. The predicted molar refractivity (Wildman–Crippen MR) is 117 cm³/mol. The zero-order valence-electron chi connectivity index (χ0n) is 17.0. The summed E-state index contributed by atoms with van der Waals surface area (Å²) in [6, 6.07) is 10.7. The summed E-state index contributed by atoms with van der Waals surface area (Å²) in [5.74, 6) is -1.08. The number of carboxylic acids is 1. The summed E-state index contributed by atoms with van der Waals surface area (Å²) in [6.07, 6.45) is 6.57. The topological polar surface area (TPSA) is 72.9 Å². The summed E-state index contributed by atoms with van der Waals surface area (Å²) in [5.41, 5.74) is 10.1. The van der Waals surface area contributed by atoms with Crippen LogP contribution in [0, 0.1) is 0 Å². The monoisotopic (exact) mass is 403 g/mol. The van der Waals surface area contributed by atoms with Crippen LogP contribution in [0.15, 0.2) is 42.0 Å². The molecule has 1 unspecified atom stereocenters. The van der Waals surface area contributed by atoms with E-state index in [1.807, 2.05) is 13.0 Å². The number of aryl methyl sites for hydroxylation is 2. The van der Waals surface area contributed by atoms with Gasteiger partial charge in [-0.2, -0.15) is 0 Å². The molecule has 2 aromatic carbocycles. The van der Waals surface area contributed by atoms with Gasteiger partial charge in [0.15, 0.2) is 0 Å². The van der Waals surface area contributed by atoms with Crippen LogP contribution in [0.3, 0.4) is 0 Å². The number of nitrogens with one attached hydrogen (secondary N) is 1. The highest BCUT2D eigenvalue weighted by Crippen LogP contribution is 2.37. The highest BCUT2D eigenvalue weighted by Gasteiger charge is 2.33. The lowest BCUT2D eigenvalue weighted by molar-refractivity contribution is -0.114. The first-order valence-electron chi connectivity index (χ1n) is 10.6. The van der Waals surface area contributed by atoms with E-state index in [9.17, 15) is 9.59 Å². The Kier molecular flexibility index (Phi) is 4.59. The van der Waals surface area contributed by atoms with Gasteiger partial charge >= 0.3 is 5.97 Å². The minimum atomic E-state index is -0.980. The molecule has 6 nitrogen and oxygen atoms in total. The lowest BCUT2D eigenvalue weighted by Crippen LogP contribution is -2.36. The van der Waals surface area contributed by atoms with Gasteiger partial charge in [-0.1, -0.05) is 0 Å². The number of amides is 1. The van der Waals surface area contributed by atoms with Gasteiger partial charge in [0, 0.05) is 24.4 Å². The van der Waals surface area contributed by atoms with Crippen LogP contribution in [0.2, 0.25) is 0 Å². The molecule has 1 saturated heterocycles. The number of rotatable bonds is 3. The van der Waals surface area contributed by atoms with Gasteiger partial charge in [0.2, 0.25) is 0 Å². The van der Waals surface area contributed by atoms with Crippen LogP contribution in [0.1, 0.15) is 46.8 Å². The van der Waals surface area contributed by atoms with Crippen molar-refractivity contribution in [1.29, 1.82) is 0 Å². The third kappa shape index (κ3) is 3.17. The van der Waals surface area contributed by atoms with Crippen LogP contribution >= 0.6 is 0 Å². The minimum absolute atomic E-state index is 0.0985. The fourth-order valence-corrected chi connectivity index (χ4v) is 4.86. The molecule has 0 bridgehead atoms. The molecule has 1 atom stereocenters. The average Bonchev–Trinajstić information content (AvgIpc) is 3.02. The van der Waals surface area contributed by atoms with E-state index in [2.05, 4.69) is 22.5 Å². The molecule has 154 valence electrons. The van der Waals surface area contributed by atoms with E-state index < -0.39 is 5.97 Å². The number of hydrogen-bond acceptors (Lipinski definition) is 4. The SMILES string of the molecule is CC1NN(c2ccc(C(=O)O)cc2)C(=O)/C1=C\c1cc2c3c(c1)CCCN3CCC2. The quantitative estimate of drug-likeness (QED) is 0.769. The van der Waals surface area contributed by atoms with Crippen LogP contribution in [0.4, 0.5) is 11.4 Å². The standard InChI is InChI=1S/C24H25N3O3/c1-15-21(23(28)27(25-15)20-8-6-17(7-9-20)24(29)30)14-16-12-18-4-2-10-26-11-3-5-19(13-16)22(18)26/h6-9,12-15,25H,2-5,10-11H2,1H3,(H,29,30)/b21-14-. The zero-order valence-corrected chi connectivity index (χ0v) is 17.0. The zero-order chi connectivity index (χ0) is 20.8. The molecular weight excluding hydrogens is 378 g/mol. The minimum Gasteiger partial charge on any atom is -0.478 e. The molecule has 0 saturated carbocycles. The van der Waals surface area contributed by atoms with Crippen molar-refractivity contribution in [1.82, 2.24) is 5.43 Å². The Morgan fingerprint density at radius 3 is 2.33 bits per heavy atom. The first kappa shape index (κ1) is 18.9. The maximum absolute atomic E-state index is 13.1. The number of hydrogen-bond donors (Lipinski definition) is 2.